The van der Waals surface area contributed by atoms with Gasteiger partial charge in [0.05, 0.1) is 12.7 Å². The van der Waals surface area contributed by atoms with Crippen molar-refractivity contribution in [2.75, 3.05) is 13.2 Å². The van der Waals surface area contributed by atoms with E-state index in [9.17, 15) is 34.2 Å². The first kappa shape index (κ1) is 25.3. The van der Waals surface area contributed by atoms with Crippen LogP contribution in [-0.4, -0.2) is 93.2 Å². The largest absolute Gasteiger partial charge is 0.480 e. The van der Waals surface area contributed by atoms with E-state index in [1.807, 2.05) is 0 Å². The molecule has 4 amide bonds. The molecule has 1 aliphatic rings. The summed E-state index contributed by atoms with van der Waals surface area (Å²) in [5.41, 5.74) is 10.5. The van der Waals surface area contributed by atoms with Crippen molar-refractivity contribution >= 4 is 29.6 Å². The van der Waals surface area contributed by atoms with E-state index in [0.29, 0.717) is 12.8 Å². The van der Waals surface area contributed by atoms with Crippen molar-refractivity contribution < 1.29 is 39.3 Å². The molecular weight excluding hydrogens is 402 g/mol. The smallest absolute Gasteiger partial charge is 0.326 e. The first-order valence-electron chi connectivity index (χ1n) is 9.46. The Hall–Kier alpha value is -2.77. The molecule has 0 aromatic rings. The number of amides is 4. The van der Waals surface area contributed by atoms with Crippen LogP contribution in [-0.2, 0) is 24.0 Å². The zero-order valence-corrected chi connectivity index (χ0v) is 16.6. The fourth-order valence-electron chi connectivity index (χ4n) is 3.05. The number of nitrogens with two attached hydrogens (primary N) is 2. The molecule has 1 heterocycles. The number of rotatable bonds is 11. The van der Waals surface area contributed by atoms with E-state index in [4.69, 9.17) is 16.6 Å². The van der Waals surface area contributed by atoms with Crippen molar-refractivity contribution in [3.8, 4) is 0 Å². The van der Waals surface area contributed by atoms with Gasteiger partial charge < -0.3 is 42.3 Å². The lowest BCUT2D eigenvalue weighted by atomic mass is 10.1. The monoisotopic (exact) mass is 431 g/mol. The maximum absolute atomic E-state index is 12.6. The number of nitrogens with zero attached hydrogens (tertiary/aromatic N) is 1. The molecule has 1 saturated heterocycles. The molecule has 0 aromatic carbocycles. The number of hydrogen-bond donors (Lipinski definition) is 7. The van der Waals surface area contributed by atoms with Gasteiger partial charge in [0.25, 0.3) is 0 Å². The molecule has 1 fully saturated rings. The normalized spacial score (nSPS) is 20.0. The Morgan fingerprint density at radius 1 is 1.20 bits per heavy atom. The van der Waals surface area contributed by atoms with Gasteiger partial charge in [0.2, 0.25) is 23.6 Å². The average molecular weight is 431 g/mol. The quantitative estimate of drug-likeness (QED) is 0.169. The minimum atomic E-state index is -1.50. The lowest BCUT2D eigenvalue weighted by Gasteiger charge is -2.29. The number of carboxylic acids is 1. The highest BCUT2D eigenvalue weighted by Gasteiger charge is 2.38. The third kappa shape index (κ3) is 6.93. The SMILES string of the molecule is CC(O)C(NC(=O)C1CCCN1C(=O)C(N)CO)C(=O)NC(CCC(N)=O)C(=O)O. The van der Waals surface area contributed by atoms with Crippen LogP contribution in [0.4, 0.5) is 0 Å². The van der Waals surface area contributed by atoms with Crippen LogP contribution >= 0.6 is 0 Å². The summed E-state index contributed by atoms with van der Waals surface area (Å²) in [6, 6.07) is -5.09. The van der Waals surface area contributed by atoms with Crippen LogP contribution in [0.15, 0.2) is 0 Å². The highest BCUT2D eigenvalue weighted by molar-refractivity contribution is 5.94. The van der Waals surface area contributed by atoms with E-state index < -0.39 is 66.5 Å². The van der Waals surface area contributed by atoms with Crippen LogP contribution in [0.3, 0.4) is 0 Å². The van der Waals surface area contributed by atoms with Gasteiger partial charge in [-0.15, -0.1) is 0 Å². The summed E-state index contributed by atoms with van der Waals surface area (Å²) in [7, 11) is 0. The number of aliphatic carboxylic acids is 1. The molecule has 0 spiro atoms. The maximum atomic E-state index is 12.6. The third-order valence-electron chi connectivity index (χ3n) is 4.71. The van der Waals surface area contributed by atoms with Gasteiger partial charge in [0.1, 0.15) is 24.2 Å². The molecule has 5 unspecified atom stereocenters. The van der Waals surface area contributed by atoms with Crippen LogP contribution in [0.5, 0.6) is 0 Å². The number of carboxylic acid groups (broad SMARTS) is 1. The Morgan fingerprint density at radius 2 is 1.83 bits per heavy atom. The summed E-state index contributed by atoms with van der Waals surface area (Å²) in [6.07, 6.45) is -1.14. The molecule has 30 heavy (non-hydrogen) atoms. The average Bonchev–Trinajstić information content (AvgIpc) is 3.16. The molecule has 170 valence electrons. The Kier molecular flexibility index (Phi) is 9.62. The van der Waals surface area contributed by atoms with E-state index in [0.717, 1.165) is 0 Å². The van der Waals surface area contributed by atoms with Gasteiger partial charge >= 0.3 is 5.97 Å². The minimum absolute atomic E-state index is 0.240. The van der Waals surface area contributed by atoms with Gasteiger partial charge in [0.15, 0.2) is 0 Å². The number of nitrogens with one attached hydrogen (secondary N) is 2. The number of aliphatic hydroxyl groups is 2. The van der Waals surface area contributed by atoms with Crippen LogP contribution in [0.25, 0.3) is 0 Å². The van der Waals surface area contributed by atoms with Crippen LogP contribution in [0.2, 0.25) is 0 Å². The molecule has 9 N–H and O–H groups in total. The second-order valence-electron chi connectivity index (χ2n) is 7.11. The molecule has 0 aromatic heterocycles. The number of primary amides is 1. The van der Waals surface area contributed by atoms with Crippen molar-refractivity contribution in [2.45, 2.75) is 62.9 Å². The lowest BCUT2D eigenvalue weighted by Crippen LogP contribution is -2.59. The molecular formula is C17H29N5O8. The predicted octanol–water partition coefficient (Wildman–Crippen LogP) is -4.00. The van der Waals surface area contributed by atoms with Crippen molar-refractivity contribution in [3.05, 3.63) is 0 Å². The zero-order valence-electron chi connectivity index (χ0n) is 16.6. The number of carbonyl (C=O) groups is 5. The summed E-state index contributed by atoms with van der Waals surface area (Å²) in [5.74, 6) is -4.48. The van der Waals surface area contributed by atoms with E-state index in [2.05, 4.69) is 10.6 Å². The fraction of sp³-hybridized carbons (Fsp3) is 0.706. The highest BCUT2D eigenvalue weighted by Crippen LogP contribution is 2.18. The van der Waals surface area contributed by atoms with E-state index in [-0.39, 0.29) is 19.4 Å². The van der Waals surface area contributed by atoms with Crippen molar-refractivity contribution in [1.29, 1.82) is 0 Å². The summed E-state index contributed by atoms with van der Waals surface area (Å²) < 4.78 is 0. The second kappa shape index (κ2) is 11.4. The standard InChI is InChI=1S/C17H29N5O8/c1-8(24)13(15(27)20-10(17(29)30)4-5-12(19)25)21-14(26)11-3-2-6-22(11)16(28)9(18)7-23/h8-11,13,23-24H,2-7,18H2,1H3,(H2,19,25)(H,20,27)(H,21,26)(H,29,30). The molecule has 1 rings (SSSR count). The number of carbonyl (C=O) groups excluding carboxylic acids is 4. The van der Waals surface area contributed by atoms with Gasteiger partial charge in [-0.1, -0.05) is 0 Å². The third-order valence-corrected chi connectivity index (χ3v) is 4.71. The summed E-state index contributed by atoms with van der Waals surface area (Å²) in [5, 5.41) is 32.6. The molecule has 0 saturated carbocycles. The van der Waals surface area contributed by atoms with E-state index >= 15 is 0 Å². The topological polar surface area (TPSA) is 225 Å². The Balaban J connectivity index is 2.85. The van der Waals surface area contributed by atoms with Crippen LogP contribution in [0, 0.1) is 0 Å². The molecule has 0 bridgehead atoms. The molecule has 0 radical (unpaired) electrons. The molecule has 13 heteroatoms. The molecule has 13 nitrogen and oxygen atoms in total. The summed E-state index contributed by atoms with van der Waals surface area (Å²) in [4.78, 5) is 60.7. The van der Waals surface area contributed by atoms with Gasteiger partial charge in [0, 0.05) is 13.0 Å². The maximum Gasteiger partial charge on any atom is 0.326 e. The molecule has 5 atom stereocenters. The fourth-order valence-corrected chi connectivity index (χ4v) is 3.05. The first-order chi connectivity index (χ1) is 14.0. The highest BCUT2D eigenvalue weighted by atomic mass is 16.4. The summed E-state index contributed by atoms with van der Waals surface area (Å²) in [6.45, 7) is 0.873. The first-order valence-corrected chi connectivity index (χ1v) is 9.46. The lowest BCUT2D eigenvalue weighted by molar-refractivity contribution is -0.144. The van der Waals surface area contributed by atoms with E-state index in [1.165, 1.54) is 11.8 Å². The van der Waals surface area contributed by atoms with Crippen molar-refractivity contribution in [3.63, 3.8) is 0 Å². The summed E-state index contributed by atoms with van der Waals surface area (Å²) >= 11 is 0. The van der Waals surface area contributed by atoms with Crippen molar-refractivity contribution in [1.82, 2.24) is 15.5 Å². The van der Waals surface area contributed by atoms with Gasteiger partial charge in [-0.2, -0.15) is 0 Å². The number of likely N-dealkylation sites (tertiary alicyclic amines) is 1. The minimum Gasteiger partial charge on any atom is -0.480 e. The Morgan fingerprint density at radius 3 is 2.33 bits per heavy atom. The van der Waals surface area contributed by atoms with Gasteiger partial charge in [-0.25, -0.2) is 4.79 Å². The van der Waals surface area contributed by atoms with Gasteiger partial charge in [-0.05, 0) is 26.2 Å². The van der Waals surface area contributed by atoms with Gasteiger partial charge in [-0.3, -0.25) is 19.2 Å². The molecule has 0 aliphatic carbocycles. The second-order valence-corrected chi connectivity index (χ2v) is 7.11. The Bertz CT molecular complexity index is 671. The molecule has 1 aliphatic heterocycles. The van der Waals surface area contributed by atoms with Crippen LogP contribution in [0.1, 0.15) is 32.6 Å². The predicted molar refractivity (Wildman–Crippen MR) is 101 cm³/mol. The van der Waals surface area contributed by atoms with E-state index in [1.54, 1.807) is 0 Å². The number of aliphatic hydroxyl groups excluding tert-OH is 2. The zero-order chi connectivity index (χ0) is 23.0. The number of hydrogen-bond acceptors (Lipinski definition) is 8. The van der Waals surface area contributed by atoms with Crippen molar-refractivity contribution in [2.24, 2.45) is 11.5 Å². The Labute approximate surface area is 172 Å². The van der Waals surface area contributed by atoms with Crippen LogP contribution < -0.4 is 22.1 Å².